The number of carboxylic acids is 1. The summed E-state index contributed by atoms with van der Waals surface area (Å²) >= 11 is 0. The molecule has 1 aromatic carbocycles. The van der Waals surface area contributed by atoms with Gasteiger partial charge in [0.25, 0.3) is 0 Å². The van der Waals surface area contributed by atoms with Crippen molar-refractivity contribution in [2.45, 2.75) is 95.9 Å². The van der Waals surface area contributed by atoms with Crippen LogP contribution >= 0.6 is 0 Å². The molecule has 2 fully saturated rings. The Labute approximate surface area is 278 Å². The third kappa shape index (κ3) is 8.69. The van der Waals surface area contributed by atoms with Crippen LogP contribution in [0.4, 0.5) is 4.79 Å². The molecule has 2 aromatic rings. The molecule has 12 heteroatoms. The summed E-state index contributed by atoms with van der Waals surface area (Å²) in [5, 5.41) is 12.8. The van der Waals surface area contributed by atoms with Crippen LogP contribution in [0, 0.1) is 25.0 Å². The third-order valence-electron chi connectivity index (χ3n) is 8.34. The van der Waals surface area contributed by atoms with Crippen molar-refractivity contribution in [1.29, 1.82) is 0 Å². The van der Waals surface area contributed by atoms with E-state index in [4.69, 9.17) is 9.47 Å². The number of Topliss-reactive ketones (excluding diaryl/α,β-unsaturated/α-hetero) is 1. The quantitative estimate of drug-likeness (QED) is 0.333. The number of nitrogens with zero attached hydrogens (tertiary/aromatic N) is 3. The van der Waals surface area contributed by atoms with E-state index in [1.807, 2.05) is 30.4 Å². The molecule has 2 aliphatic heterocycles. The van der Waals surface area contributed by atoms with Crippen molar-refractivity contribution in [3.8, 4) is 5.88 Å². The Balaban J connectivity index is 0.00000276. The van der Waals surface area contributed by atoms with E-state index in [-0.39, 0.29) is 65.5 Å². The van der Waals surface area contributed by atoms with Crippen molar-refractivity contribution >= 4 is 34.8 Å². The van der Waals surface area contributed by atoms with Crippen LogP contribution in [0.2, 0.25) is 0 Å². The number of allylic oxidation sites excluding steroid dienone is 2. The number of carbonyl (C=O) groups is 4. The normalized spacial score (nSPS) is 27.8. The second kappa shape index (κ2) is 14.8. The number of carboxylic acid groups (broad SMARTS) is 1. The summed E-state index contributed by atoms with van der Waals surface area (Å²) in [6.07, 6.45) is 9.24. The number of benzene rings is 1. The Morgan fingerprint density at radius 3 is 2.58 bits per heavy atom. The van der Waals surface area contributed by atoms with E-state index in [0.717, 1.165) is 19.3 Å². The first-order valence-electron chi connectivity index (χ1n) is 15.0. The summed E-state index contributed by atoms with van der Waals surface area (Å²) in [5.74, 6) is -1.84. The zero-order chi connectivity index (χ0) is 30.8. The maximum absolute atomic E-state index is 14.1. The Morgan fingerprint density at radius 1 is 1.13 bits per heavy atom. The molecule has 0 bridgehead atoms. The number of rotatable bonds is 4. The number of fused-ring (bicyclic) bond motifs is 3. The maximum atomic E-state index is 14.1. The first-order valence-corrected chi connectivity index (χ1v) is 15.0. The molecule has 0 spiro atoms. The monoisotopic (exact) mass is 790 g/mol. The number of ketones is 1. The molecule has 1 saturated heterocycles. The van der Waals surface area contributed by atoms with E-state index >= 15 is 0 Å². The Bertz CT molecular complexity index is 1430. The van der Waals surface area contributed by atoms with Crippen LogP contribution in [0.15, 0.2) is 36.4 Å². The van der Waals surface area contributed by atoms with Gasteiger partial charge in [0, 0.05) is 18.4 Å². The number of hydrogen-bond donors (Lipinski definition) is 2. The molecule has 3 aliphatic rings. The van der Waals surface area contributed by atoms with Crippen molar-refractivity contribution in [2.24, 2.45) is 11.3 Å². The molecule has 1 aromatic heterocycles. The molecule has 0 radical (unpaired) electrons. The summed E-state index contributed by atoms with van der Waals surface area (Å²) in [4.78, 5) is 63.2. The second-order valence-electron chi connectivity index (χ2n) is 12.8. The predicted molar refractivity (Wildman–Crippen MR) is 163 cm³/mol. The Morgan fingerprint density at radius 2 is 1.87 bits per heavy atom. The fourth-order valence-electron chi connectivity index (χ4n) is 6.03. The van der Waals surface area contributed by atoms with Gasteiger partial charge in [0.05, 0.1) is 18.0 Å². The van der Waals surface area contributed by atoms with E-state index in [2.05, 4.69) is 21.5 Å². The standard InChI is InChI=1S/C32H39N4O7.CH3.W/c1-31(2,3)43-30(41)35-24-14-8-6-4-5-7-11-20-16-32(20,29(39)40)17-26(37)25-15-21(19-36(25)28(24)38)42-27-18-33-22-12-9-10-13-23(22)34-27;;/h7,9-13,20-21,24-25H,4-6,8,14-17,19H2,1-3H3,(H,35,41)(H,39,40);1H3;/q2*-1;+2/b11-7-;;/t20?,21?,24-,25-,32?;;/m0../s1. The minimum atomic E-state index is -1.17. The Kier molecular flexibility index (Phi) is 11.9. The van der Waals surface area contributed by atoms with Crippen LogP contribution in [0.25, 0.3) is 11.0 Å². The van der Waals surface area contributed by atoms with Crippen LogP contribution in [0.1, 0.15) is 72.1 Å². The number of para-hydroxylation sites is 2. The predicted octanol–water partition coefficient (Wildman–Crippen LogP) is 4.69. The fraction of sp³-hybridized carbons (Fsp3) is 0.545. The first-order chi connectivity index (χ1) is 20.4. The number of aliphatic carboxylic acids is 1. The summed E-state index contributed by atoms with van der Waals surface area (Å²) < 4.78 is 11.5. The molecule has 3 heterocycles. The number of amides is 2. The van der Waals surface area contributed by atoms with E-state index < -0.39 is 47.2 Å². The molecule has 2 N–H and O–H groups in total. The van der Waals surface area contributed by atoms with Gasteiger partial charge in [-0.25, -0.2) is 9.78 Å². The molecule has 5 atom stereocenters. The maximum Gasteiger partial charge on any atom is 2.00 e. The van der Waals surface area contributed by atoms with E-state index in [1.165, 1.54) is 4.90 Å². The summed E-state index contributed by atoms with van der Waals surface area (Å²) in [6, 6.07) is 5.45. The minimum absolute atomic E-state index is 0. The van der Waals surface area contributed by atoms with Crippen molar-refractivity contribution in [3.63, 3.8) is 0 Å². The van der Waals surface area contributed by atoms with E-state index in [0.29, 0.717) is 30.3 Å². The number of nitrogens with one attached hydrogen (secondary N) is 1. The van der Waals surface area contributed by atoms with Crippen LogP contribution < -0.4 is 10.1 Å². The van der Waals surface area contributed by atoms with Gasteiger partial charge in [-0.2, -0.15) is 0 Å². The largest absolute Gasteiger partial charge is 2.00 e. The molecule has 3 unspecified atom stereocenters. The Hall–Kier alpha value is -3.33. The van der Waals surface area contributed by atoms with Crippen LogP contribution in [0.5, 0.6) is 5.88 Å². The molecule has 45 heavy (non-hydrogen) atoms. The number of carbonyl (C=O) groups excluding carboxylic acids is 3. The zero-order valence-corrected chi connectivity index (χ0v) is 29.2. The van der Waals surface area contributed by atoms with Crippen LogP contribution in [-0.4, -0.2) is 74.1 Å². The van der Waals surface area contributed by atoms with Crippen molar-refractivity contribution < 1.29 is 54.8 Å². The second-order valence-corrected chi connectivity index (χ2v) is 12.8. The van der Waals surface area contributed by atoms with Gasteiger partial charge >= 0.3 is 33.1 Å². The smallest absolute Gasteiger partial charge is 0.488 e. The SMILES string of the molecule is CC(C)(C)OC(=O)N[C@H]1CCCCC/C=C\C2CC2(C(=O)O)CC(=O)[C@@H]2CC(Oc3[c-]nc4ccccc4n3)CN2C1=O.[CH3-].[W+2]. The summed E-state index contributed by atoms with van der Waals surface area (Å²) in [6.45, 7) is 5.29. The zero-order valence-electron chi connectivity index (χ0n) is 26.3. The van der Waals surface area contributed by atoms with Gasteiger partial charge < -0.3 is 37.2 Å². The van der Waals surface area contributed by atoms with Gasteiger partial charge in [-0.15, -0.1) is 6.07 Å². The van der Waals surface area contributed by atoms with Crippen molar-refractivity contribution in [2.75, 3.05) is 6.54 Å². The van der Waals surface area contributed by atoms with E-state index in [1.54, 1.807) is 26.8 Å². The summed E-state index contributed by atoms with van der Waals surface area (Å²) in [5.41, 5.74) is -0.655. The van der Waals surface area contributed by atoms with Crippen LogP contribution in [0.3, 0.4) is 0 Å². The molecular formula is C33H42N4O7W. The van der Waals surface area contributed by atoms with Gasteiger partial charge in [0.1, 0.15) is 23.6 Å². The molecule has 242 valence electrons. The molecule has 2 amide bonds. The first kappa shape index (κ1) is 36.1. The molecule has 11 nitrogen and oxygen atoms in total. The number of aromatic nitrogens is 2. The van der Waals surface area contributed by atoms with Gasteiger partial charge in [-0.1, -0.05) is 54.9 Å². The number of alkyl carbamates (subject to hydrolysis) is 1. The van der Waals surface area contributed by atoms with Gasteiger partial charge in [-0.05, 0) is 52.4 Å². The van der Waals surface area contributed by atoms with Gasteiger partial charge in [0.2, 0.25) is 5.91 Å². The fourth-order valence-corrected chi connectivity index (χ4v) is 6.03. The number of ether oxygens (including phenoxy) is 2. The molecule has 1 saturated carbocycles. The topological polar surface area (TPSA) is 148 Å². The molecular weight excluding hydrogens is 748 g/mol. The van der Waals surface area contributed by atoms with Crippen molar-refractivity contribution in [1.82, 2.24) is 20.2 Å². The average Bonchev–Trinajstić information content (AvgIpc) is 3.48. The van der Waals surface area contributed by atoms with Gasteiger partial charge in [-0.3, -0.25) is 14.4 Å². The van der Waals surface area contributed by atoms with E-state index in [9.17, 15) is 24.3 Å². The van der Waals surface area contributed by atoms with Gasteiger partial charge in [0.15, 0.2) is 5.78 Å². The average molecular weight is 791 g/mol. The van der Waals surface area contributed by atoms with Crippen LogP contribution in [-0.2, 0) is 40.2 Å². The number of hydrogen-bond acceptors (Lipinski definition) is 8. The third-order valence-corrected chi connectivity index (χ3v) is 8.34. The van der Waals surface area contributed by atoms with Crippen molar-refractivity contribution in [3.05, 3.63) is 50.0 Å². The molecule has 5 rings (SSSR count). The molecule has 1 aliphatic carbocycles. The minimum Gasteiger partial charge on any atom is -0.488 e. The summed E-state index contributed by atoms with van der Waals surface area (Å²) in [7, 11) is 0.